The van der Waals surface area contributed by atoms with E-state index in [1.807, 2.05) is 24.3 Å². The first-order chi connectivity index (χ1) is 12.8. The molecule has 0 spiro atoms. The maximum absolute atomic E-state index is 13.0. The topological polar surface area (TPSA) is 43.9 Å². The molecule has 0 aliphatic carbocycles. The number of hydrogen-bond donors (Lipinski definition) is 0. The predicted octanol–water partition coefficient (Wildman–Crippen LogP) is 2.90. The quantitative estimate of drug-likeness (QED) is 0.764. The van der Waals surface area contributed by atoms with E-state index in [1.165, 1.54) is 6.42 Å². The molecule has 0 radical (unpaired) electrons. The molecule has 3 atom stereocenters. The fourth-order valence-electron chi connectivity index (χ4n) is 4.54. The molecule has 5 nitrogen and oxygen atoms in total. The van der Waals surface area contributed by atoms with E-state index in [2.05, 4.69) is 35.5 Å². The van der Waals surface area contributed by atoms with Gasteiger partial charge in [0.05, 0.1) is 6.04 Å². The molecule has 1 amide bonds. The monoisotopic (exact) mass is 371 g/mol. The van der Waals surface area contributed by atoms with E-state index in [9.17, 15) is 9.59 Å². The molecule has 2 aliphatic heterocycles. The van der Waals surface area contributed by atoms with Gasteiger partial charge in [-0.2, -0.15) is 0 Å². The SMILES string of the molecule is CC(=O)c1ccc(N2CCN(C(C)C(=O)N3CC(C)CC(C)C3)CC2)cc1. The van der Waals surface area contributed by atoms with E-state index in [0.717, 1.165) is 50.5 Å². The Bertz CT molecular complexity index is 655. The van der Waals surface area contributed by atoms with Gasteiger partial charge in [-0.3, -0.25) is 14.5 Å². The highest BCUT2D eigenvalue weighted by Crippen LogP contribution is 2.23. The molecule has 148 valence electrons. The summed E-state index contributed by atoms with van der Waals surface area (Å²) in [6.45, 7) is 13.5. The van der Waals surface area contributed by atoms with Crippen molar-refractivity contribution in [3.8, 4) is 0 Å². The lowest BCUT2D eigenvalue weighted by Gasteiger charge is -2.42. The largest absolute Gasteiger partial charge is 0.369 e. The number of benzene rings is 1. The molecule has 3 unspecified atom stereocenters. The van der Waals surface area contributed by atoms with Gasteiger partial charge in [-0.15, -0.1) is 0 Å². The molecule has 1 aromatic rings. The molecule has 2 saturated heterocycles. The standard InChI is InChI=1S/C22H33N3O2/c1-16-13-17(2)15-25(14-16)22(27)18(3)23-9-11-24(12-10-23)21-7-5-20(6-8-21)19(4)26/h5-8,16-18H,9-15H2,1-4H3. The third-order valence-corrected chi connectivity index (χ3v) is 6.04. The van der Waals surface area contributed by atoms with Gasteiger partial charge in [-0.1, -0.05) is 13.8 Å². The maximum atomic E-state index is 13.0. The summed E-state index contributed by atoms with van der Waals surface area (Å²) in [7, 11) is 0. The lowest BCUT2D eigenvalue weighted by atomic mass is 9.91. The Morgan fingerprint density at radius 1 is 0.963 bits per heavy atom. The van der Waals surface area contributed by atoms with E-state index in [1.54, 1.807) is 6.92 Å². The highest BCUT2D eigenvalue weighted by atomic mass is 16.2. The number of piperazine rings is 1. The number of rotatable bonds is 4. The van der Waals surface area contributed by atoms with Crippen LogP contribution in [0.2, 0.25) is 0 Å². The van der Waals surface area contributed by atoms with Crippen molar-refractivity contribution >= 4 is 17.4 Å². The fourth-order valence-corrected chi connectivity index (χ4v) is 4.54. The minimum atomic E-state index is -0.0512. The van der Waals surface area contributed by atoms with Crippen molar-refractivity contribution in [1.29, 1.82) is 0 Å². The highest BCUT2D eigenvalue weighted by Gasteiger charge is 2.32. The third kappa shape index (κ3) is 4.70. The van der Waals surface area contributed by atoms with Crippen LogP contribution in [0.4, 0.5) is 5.69 Å². The van der Waals surface area contributed by atoms with Crippen molar-refractivity contribution in [2.24, 2.45) is 11.8 Å². The first-order valence-corrected chi connectivity index (χ1v) is 10.2. The molecule has 2 heterocycles. The van der Waals surface area contributed by atoms with Crippen molar-refractivity contribution < 1.29 is 9.59 Å². The van der Waals surface area contributed by atoms with Crippen LogP contribution in [-0.2, 0) is 4.79 Å². The molecule has 0 aromatic heterocycles. The minimum absolute atomic E-state index is 0.0512. The number of carbonyl (C=O) groups excluding carboxylic acids is 2. The van der Waals surface area contributed by atoms with Crippen molar-refractivity contribution in [3.63, 3.8) is 0 Å². The van der Waals surface area contributed by atoms with Crippen molar-refractivity contribution in [1.82, 2.24) is 9.80 Å². The Hall–Kier alpha value is -1.88. The summed E-state index contributed by atoms with van der Waals surface area (Å²) in [6.07, 6.45) is 1.22. The molecule has 3 rings (SSSR count). The van der Waals surface area contributed by atoms with Crippen LogP contribution in [0.1, 0.15) is 44.5 Å². The zero-order valence-corrected chi connectivity index (χ0v) is 17.1. The van der Waals surface area contributed by atoms with Crippen LogP contribution < -0.4 is 4.90 Å². The number of nitrogens with zero attached hydrogens (tertiary/aromatic N) is 3. The Balaban J connectivity index is 1.55. The van der Waals surface area contributed by atoms with Crippen LogP contribution >= 0.6 is 0 Å². The average Bonchev–Trinajstić information content (AvgIpc) is 2.66. The van der Waals surface area contributed by atoms with Crippen molar-refractivity contribution in [2.75, 3.05) is 44.2 Å². The van der Waals surface area contributed by atoms with E-state index < -0.39 is 0 Å². The maximum Gasteiger partial charge on any atom is 0.239 e. The molecule has 27 heavy (non-hydrogen) atoms. The number of ketones is 1. The second-order valence-electron chi connectivity index (χ2n) is 8.49. The summed E-state index contributed by atoms with van der Waals surface area (Å²) >= 11 is 0. The molecular weight excluding hydrogens is 338 g/mol. The molecule has 5 heteroatoms. The summed E-state index contributed by atoms with van der Waals surface area (Å²) in [6, 6.07) is 7.79. The molecule has 0 saturated carbocycles. The predicted molar refractivity (Wildman–Crippen MR) is 109 cm³/mol. The van der Waals surface area contributed by atoms with Crippen molar-refractivity contribution in [2.45, 2.75) is 40.2 Å². The first-order valence-electron chi connectivity index (χ1n) is 10.2. The summed E-state index contributed by atoms with van der Waals surface area (Å²) in [5.41, 5.74) is 1.90. The Kier molecular flexibility index (Phi) is 6.20. The zero-order chi connectivity index (χ0) is 19.6. The van der Waals surface area contributed by atoms with Gasteiger partial charge in [-0.05, 0) is 56.4 Å². The van der Waals surface area contributed by atoms with Gasteiger partial charge in [-0.25, -0.2) is 0 Å². The Labute approximate surface area is 163 Å². The van der Waals surface area contributed by atoms with Crippen LogP contribution in [0, 0.1) is 11.8 Å². The zero-order valence-electron chi connectivity index (χ0n) is 17.1. The van der Waals surface area contributed by atoms with Gasteiger partial charge in [0.1, 0.15) is 0 Å². The van der Waals surface area contributed by atoms with Crippen LogP contribution in [0.15, 0.2) is 24.3 Å². The second kappa shape index (κ2) is 8.42. The van der Waals surface area contributed by atoms with Gasteiger partial charge in [0.25, 0.3) is 0 Å². The summed E-state index contributed by atoms with van der Waals surface area (Å²) in [5, 5.41) is 0. The normalized spacial score (nSPS) is 25.3. The number of amides is 1. The molecular formula is C22H33N3O2. The third-order valence-electron chi connectivity index (χ3n) is 6.04. The lowest BCUT2D eigenvalue weighted by Crippen LogP contribution is -2.56. The summed E-state index contributed by atoms with van der Waals surface area (Å²) in [5.74, 6) is 1.58. The highest BCUT2D eigenvalue weighted by molar-refractivity contribution is 5.94. The Morgan fingerprint density at radius 2 is 1.52 bits per heavy atom. The number of Topliss-reactive ketones (excluding diaryl/α,β-unsaturated/α-hetero) is 1. The number of likely N-dealkylation sites (tertiary alicyclic amines) is 1. The molecule has 0 N–H and O–H groups in total. The molecule has 2 fully saturated rings. The second-order valence-corrected chi connectivity index (χ2v) is 8.49. The van der Waals surface area contributed by atoms with Gasteiger partial charge < -0.3 is 9.80 Å². The number of anilines is 1. The Morgan fingerprint density at radius 3 is 2.04 bits per heavy atom. The lowest BCUT2D eigenvalue weighted by molar-refractivity contribution is -0.139. The average molecular weight is 372 g/mol. The van der Waals surface area contributed by atoms with E-state index in [0.29, 0.717) is 11.8 Å². The van der Waals surface area contributed by atoms with Gasteiger partial charge in [0, 0.05) is 50.5 Å². The minimum Gasteiger partial charge on any atom is -0.369 e. The number of piperidine rings is 1. The van der Waals surface area contributed by atoms with Gasteiger partial charge >= 0.3 is 0 Å². The van der Waals surface area contributed by atoms with Crippen LogP contribution in [0.3, 0.4) is 0 Å². The van der Waals surface area contributed by atoms with E-state index in [-0.39, 0.29) is 17.7 Å². The van der Waals surface area contributed by atoms with Crippen LogP contribution in [-0.4, -0.2) is 66.8 Å². The van der Waals surface area contributed by atoms with E-state index in [4.69, 9.17) is 0 Å². The van der Waals surface area contributed by atoms with E-state index >= 15 is 0 Å². The van der Waals surface area contributed by atoms with Gasteiger partial charge in [0.15, 0.2) is 5.78 Å². The van der Waals surface area contributed by atoms with Crippen LogP contribution in [0.5, 0.6) is 0 Å². The molecule has 2 aliphatic rings. The summed E-state index contributed by atoms with van der Waals surface area (Å²) < 4.78 is 0. The smallest absolute Gasteiger partial charge is 0.239 e. The number of hydrogen-bond acceptors (Lipinski definition) is 4. The van der Waals surface area contributed by atoms with Crippen molar-refractivity contribution in [3.05, 3.63) is 29.8 Å². The first kappa shape index (κ1) is 19.9. The summed E-state index contributed by atoms with van der Waals surface area (Å²) in [4.78, 5) is 31.1. The fraction of sp³-hybridized carbons (Fsp3) is 0.636. The van der Waals surface area contributed by atoms with Crippen LogP contribution in [0.25, 0.3) is 0 Å². The molecule has 0 bridgehead atoms. The number of carbonyl (C=O) groups is 2. The molecule has 1 aromatic carbocycles. The van der Waals surface area contributed by atoms with Gasteiger partial charge in [0.2, 0.25) is 5.91 Å².